The lowest BCUT2D eigenvalue weighted by Crippen LogP contribution is -2.16. The molecule has 0 fully saturated rings. The standard InChI is InChI=1S/C11H11F3N2O3/c1-3-4-19-9-6(11(12,13)14)5-7(15)8(16-9)10(17)18-2/h3,5H,1,4,15H2,2H3. The van der Waals surface area contributed by atoms with Gasteiger partial charge in [0.25, 0.3) is 0 Å². The Bertz CT molecular complexity index is 501. The predicted octanol–water partition coefficient (Wildman–Crippen LogP) is 2.03. The number of nitrogen functional groups attached to an aromatic ring is 1. The van der Waals surface area contributed by atoms with Crippen LogP contribution < -0.4 is 10.5 Å². The third kappa shape index (κ3) is 3.36. The van der Waals surface area contributed by atoms with Crippen molar-refractivity contribution in [3.8, 4) is 5.88 Å². The van der Waals surface area contributed by atoms with Crippen molar-refractivity contribution in [3.05, 3.63) is 30.0 Å². The van der Waals surface area contributed by atoms with Crippen LogP contribution in [0.2, 0.25) is 0 Å². The highest BCUT2D eigenvalue weighted by Crippen LogP contribution is 2.37. The van der Waals surface area contributed by atoms with Crippen LogP contribution in [0.4, 0.5) is 18.9 Å². The number of aromatic nitrogens is 1. The van der Waals surface area contributed by atoms with Gasteiger partial charge in [-0.15, -0.1) is 0 Å². The van der Waals surface area contributed by atoms with Crippen molar-refractivity contribution in [3.63, 3.8) is 0 Å². The number of esters is 1. The van der Waals surface area contributed by atoms with Crippen LogP contribution in [0.3, 0.4) is 0 Å². The number of ether oxygens (including phenoxy) is 2. The lowest BCUT2D eigenvalue weighted by molar-refractivity contribution is -0.139. The lowest BCUT2D eigenvalue weighted by atomic mass is 10.2. The van der Waals surface area contributed by atoms with Gasteiger partial charge >= 0.3 is 12.1 Å². The van der Waals surface area contributed by atoms with E-state index in [0.29, 0.717) is 6.07 Å². The number of hydrogen-bond acceptors (Lipinski definition) is 5. The molecule has 0 spiro atoms. The van der Waals surface area contributed by atoms with E-state index in [1.165, 1.54) is 6.08 Å². The molecular formula is C11H11F3N2O3. The van der Waals surface area contributed by atoms with Crippen LogP contribution in [0.5, 0.6) is 5.88 Å². The highest BCUT2D eigenvalue weighted by atomic mass is 19.4. The van der Waals surface area contributed by atoms with Gasteiger partial charge in [0.1, 0.15) is 12.2 Å². The number of alkyl halides is 3. The summed E-state index contributed by atoms with van der Waals surface area (Å²) in [6.07, 6.45) is -3.46. The maximum atomic E-state index is 12.8. The zero-order valence-electron chi connectivity index (χ0n) is 9.95. The highest BCUT2D eigenvalue weighted by Gasteiger charge is 2.37. The SMILES string of the molecule is C=CCOc1nc(C(=O)OC)c(N)cc1C(F)(F)F. The molecular weight excluding hydrogens is 265 g/mol. The Kier molecular flexibility index (Phi) is 4.36. The van der Waals surface area contributed by atoms with Crippen molar-refractivity contribution < 1.29 is 27.4 Å². The van der Waals surface area contributed by atoms with Crippen molar-refractivity contribution in [1.82, 2.24) is 4.98 Å². The number of carbonyl (C=O) groups excluding carboxylic acids is 1. The Hall–Kier alpha value is -2.25. The fourth-order valence-corrected chi connectivity index (χ4v) is 1.22. The summed E-state index contributed by atoms with van der Waals surface area (Å²) < 4.78 is 47.4. The molecule has 0 radical (unpaired) electrons. The first-order valence-electron chi connectivity index (χ1n) is 5.01. The van der Waals surface area contributed by atoms with E-state index in [2.05, 4.69) is 16.3 Å². The Morgan fingerprint density at radius 3 is 2.68 bits per heavy atom. The molecule has 1 aromatic heterocycles. The molecule has 0 aromatic carbocycles. The first-order valence-corrected chi connectivity index (χ1v) is 5.01. The van der Waals surface area contributed by atoms with Crippen LogP contribution in [-0.2, 0) is 10.9 Å². The van der Waals surface area contributed by atoms with Crippen LogP contribution >= 0.6 is 0 Å². The fraction of sp³-hybridized carbons (Fsp3) is 0.273. The fourth-order valence-electron chi connectivity index (χ4n) is 1.22. The van der Waals surface area contributed by atoms with Gasteiger partial charge in [-0.05, 0) is 6.07 Å². The Balaban J connectivity index is 3.36. The normalized spacial score (nSPS) is 10.9. The molecule has 0 atom stereocenters. The van der Waals surface area contributed by atoms with Crippen molar-refractivity contribution in [2.45, 2.75) is 6.18 Å². The third-order valence-corrected chi connectivity index (χ3v) is 2.04. The van der Waals surface area contributed by atoms with Gasteiger partial charge < -0.3 is 15.2 Å². The van der Waals surface area contributed by atoms with Gasteiger partial charge in [0.05, 0.1) is 12.8 Å². The molecule has 1 rings (SSSR count). The molecule has 19 heavy (non-hydrogen) atoms. The number of methoxy groups -OCH3 is 1. The third-order valence-electron chi connectivity index (χ3n) is 2.04. The van der Waals surface area contributed by atoms with E-state index in [1.54, 1.807) is 0 Å². The van der Waals surface area contributed by atoms with Gasteiger partial charge in [0.2, 0.25) is 5.88 Å². The first kappa shape index (κ1) is 14.8. The topological polar surface area (TPSA) is 74.4 Å². The molecule has 5 nitrogen and oxygen atoms in total. The van der Waals surface area contributed by atoms with Gasteiger partial charge in [-0.25, -0.2) is 9.78 Å². The average molecular weight is 276 g/mol. The molecule has 2 N–H and O–H groups in total. The maximum Gasteiger partial charge on any atom is 0.421 e. The molecule has 0 saturated heterocycles. The number of nitrogens with zero attached hydrogens (tertiary/aromatic N) is 1. The Labute approximate surface area is 106 Å². The molecule has 0 aliphatic heterocycles. The number of carbonyl (C=O) groups is 1. The molecule has 104 valence electrons. The summed E-state index contributed by atoms with van der Waals surface area (Å²) in [6, 6.07) is 0.581. The summed E-state index contributed by atoms with van der Waals surface area (Å²) in [5.74, 6) is -1.70. The van der Waals surface area contributed by atoms with Crippen LogP contribution in [-0.4, -0.2) is 24.7 Å². The summed E-state index contributed by atoms with van der Waals surface area (Å²) in [5.41, 5.74) is 3.31. The number of anilines is 1. The zero-order valence-corrected chi connectivity index (χ0v) is 9.95. The van der Waals surface area contributed by atoms with Gasteiger partial charge in [0.15, 0.2) is 5.69 Å². The van der Waals surface area contributed by atoms with Crippen LogP contribution in [0, 0.1) is 0 Å². The van der Waals surface area contributed by atoms with Gasteiger partial charge in [-0.1, -0.05) is 12.7 Å². The van der Waals surface area contributed by atoms with E-state index < -0.39 is 35.0 Å². The van der Waals surface area contributed by atoms with Gasteiger partial charge in [-0.2, -0.15) is 13.2 Å². The maximum absolute atomic E-state index is 12.8. The van der Waals surface area contributed by atoms with Crippen LogP contribution in [0.1, 0.15) is 16.1 Å². The Morgan fingerprint density at radius 1 is 1.58 bits per heavy atom. The van der Waals surface area contributed by atoms with E-state index in [-0.39, 0.29) is 6.61 Å². The van der Waals surface area contributed by atoms with E-state index in [4.69, 9.17) is 10.5 Å². The largest absolute Gasteiger partial charge is 0.473 e. The predicted molar refractivity (Wildman–Crippen MR) is 60.7 cm³/mol. The average Bonchev–Trinajstić information content (AvgIpc) is 2.34. The highest BCUT2D eigenvalue weighted by molar-refractivity contribution is 5.93. The number of hydrogen-bond donors (Lipinski definition) is 1. The van der Waals surface area contributed by atoms with E-state index in [0.717, 1.165) is 7.11 Å². The monoisotopic (exact) mass is 276 g/mol. The summed E-state index contributed by atoms with van der Waals surface area (Å²) in [6.45, 7) is 3.11. The molecule has 0 aliphatic carbocycles. The number of nitrogens with two attached hydrogens (primary N) is 1. The van der Waals surface area contributed by atoms with E-state index in [1.807, 2.05) is 0 Å². The molecule has 0 bridgehead atoms. The number of rotatable bonds is 4. The molecule has 1 aromatic rings. The van der Waals surface area contributed by atoms with Crippen molar-refractivity contribution in [1.29, 1.82) is 0 Å². The molecule has 0 amide bonds. The zero-order chi connectivity index (χ0) is 14.6. The second-order valence-electron chi connectivity index (χ2n) is 3.37. The summed E-state index contributed by atoms with van der Waals surface area (Å²) in [7, 11) is 1.06. The van der Waals surface area contributed by atoms with Gasteiger partial charge in [-0.3, -0.25) is 0 Å². The Morgan fingerprint density at radius 2 is 2.21 bits per heavy atom. The molecule has 0 unspecified atom stereocenters. The summed E-state index contributed by atoms with van der Waals surface area (Å²) >= 11 is 0. The second kappa shape index (κ2) is 5.59. The number of pyridine rings is 1. The van der Waals surface area contributed by atoms with E-state index >= 15 is 0 Å². The van der Waals surface area contributed by atoms with Crippen LogP contribution in [0.15, 0.2) is 18.7 Å². The minimum absolute atomic E-state index is 0.194. The van der Waals surface area contributed by atoms with E-state index in [9.17, 15) is 18.0 Å². The quantitative estimate of drug-likeness (QED) is 0.672. The molecule has 8 heteroatoms. The summed E-state index contributed by atoms with van der Waals surface area (Å²) in [5, 5.41) is 0. The molecule has 0 aliphatic rings. The minimum atomic E-state index is -4.70. The first-order chi connectivity index (χ1) is 8.81. The van der Waals surface area contributed by atoms with Gasteiger partial charge in [0, 0.05) is 0 Å². The van der Waals surface area contributed by atoms with Crippen molar-refractivity contribution >= 4 is 11.7 Å². The summed E-state index contributed by atoms with van der Waals surface area (Å²) in [4.78, 5) is 14.8. The second-order valence-corrected chi connectivity index (χ2v) is 3.37. The van der Waals surface area contributed by atoms with Crippen molar-refractivity contribution in [2.24, 2.45) is 0 Å². The lowest BCUT2D eigenvalue weighted by Gasteiger charge is -2.14. The molecule has 1 heterocycles. The minimum Gasteiger partial charge on any atom is -0.473 e. The molecule has 0 saturated carbocycles. The van der Waals surface area contributed by atoms with Crippen LogP contribution in [0.25, 0.3) is 0 Å². The van der Waals surface area contributed by atoms with Crippen molar-refractivity contribution in [2.75, 3.05) is 19.5 Å². The number of halogens is 3. The smallest absolute Gasteiger partial charge is 0.421 e.